The third kappa shape index (κ3) is 1.08. The number of para-hydroxylation sites is 1. The third-order valence-corrected chi connectivity index (χ3v) is 2.24. The first-order valence-electron chi connectivity index (χ1n) is 4.49. The van der Waals surface area contributed by atoms with Crippen molar-refractivity contribution in [2.75, 3.05) is 18.0 Å². The summed E-state index contributed by atoms with van der Waals surface area (Å²) in [4.78, 5) is 17.7. The van der Waals surface area contributed by atoms with Gasteiger partial charge in [-0.25, -0.2) is 4.79 Å². The molecule has 0 aliphatic carbocycles. The lowest BCUT2D eigenvalue weighted by Gasteiger charge is -2.00. The van der Waals surface area contributed by atoms with Crippen LogP contribution >= 0.6 is 0 Å². The number of nitrogens with zero attached hydrogens (tertiary/aromatic N) is 2. The fraction of sp³-hybridized carbons (Fsp3) is 0.200. The SMILES string of the molecule is O=c1oc(N2CC2)nc2ccccc12. The molecule has 0 amide bonds. The first-order chi connectivity index (χ1) is 6.84. The molecule has 2 aromatic rings. The Morgan fingerprint density at radius 3 is 2.86 bits per heavy atom. The van der Waals surface area contributed by atoms with Crippen molar-refractivity contribution in [1.82, 2.24) is 4.98 Å². The molecule has 1 fully saturated rings. The zero-order valence-corrected chi connectivity index (χ0v) is 7.43. The predicted octanol–water partition coefficient (Wildman–Crippen LogP) is 1.01. The molecule has 14 heavy (non-hydrogen) atoms. The Hall–Kier alpha value is -1.84. The highest BCUT2D eigenvalue weighted by atomic mass is 16.4. The molecule has 0 bridgehead atoms. The van der Waals surface area contributed by atoms with Gasteiger partial charge >= 0.3 is 11.6 Å². The zero-order valence-electron chi connectivity index (χ0n) is 7.43. The number of rotatable bonds is 1. The molecule has 1 aromatic heterocycles. The summed E-state index contributed by atoms with van der Waals surface area (Å²) in [5, 5.41) is 0.540. The van der Waals surface area contributed by atoms with Crippen molar-refractivity contribution in [1.29, 1.82) is 0 Å². The normalized spacial score (nSPS) is 14.7. The highest BCUT2D eigenvalue weighted by molar-refractivity contribution is 5.77. The third-order valence-electron chi connectivity index (χ3n) is 2.24. The Bertz CT molecular complexity index is 543. The van der Waals surface area contributed by atoms with Gasteiger partial charge in [-0.2, -0.15) is 4.98 Å². The summed E-state index contributed by atoms with van der Waals surface area (Å²) in [5.74, 6) is 0. The summed E-state index contributed by atoms with van der Waals surface area (Å²) in [6, 6.07) is 7.65. The number of fused-ring (bicyclic) bond motifs is 1. The van der Waals surface area contributed by atoms with Gasteiger partial charge in [-0.15, -0.1) is 0 Å². The van der Waals surface area contributed by atoms with Crippen molar-refractivity contribution in [3.8, 4) is 0 Å². The fourth-order valence-electron chi connectivity index (χ4n) is 1.38. The molecular formula is C10H8N2O2. The lowest BCUT2D eigenvalue weighted by Crippen LogP contribution is -2.05. The lowest BCUT2D eigenvalue weighted by molar-refractivity contribution is 0.512. The largest absolute Gasteiger partial charge is 0.389 e. The molecule has 1 aliphatic heterocycles. The molecule has 0 radical (unpaired) electrons. The van der Waals surface area contributed by atoms with Crippen LogP contribution in [0.2, 0.25) is 0 Å². The molecule has 1 aliphatic rings. The first-order valence-corrected chi connectivity index (χ1v) is 4.49. The van der Waals surface area contributed by atoms with Crippen LogP contribution in [0.25, 0.3) is 10.9 Å². The fourth-order valence-corrected chi connectivity index (χ4v) is 1.38. The lowest BCUT2D eigenvalue weighted by atomic mass is 10.2. The van der Waals surface area contributed by atoms with Crippen molar-refractivity contribution < 1.29 is 4.42 Å². The Balaban J connectivity index is 2.33. The van der Waals surface area contributed by atoms with Gasteiger partial charge in [-0.3, -0.25) is 0 Å². The average Bonchev–Trinajstić information content (AvgIpc) is 3.01. The van der Waals surface area contributed by atoms with Gasteiger partial charge in [0.1, 0.15) is 0 Å². The van der Waals surface area contributed by atoms with Gasteiger partial charge in [0.15, 0.2) is 0 Å². The molecule has 0 unspecified atom stereocenters. The van der Waals surface area contributed by atoms with E-state index >= 15 is 0 Å². The van der Waals surface area contributed by atoms with Gasteiger partial charge in [-0.1, -0.05) is 12.1 Å². The van der Waals surface area contributed by atoms with Crippen LogP contribution in [0.3, 0.4) is 0 Å². The highest BCUT2D eigenvalue weighted by Gasteiger charge is 2.22. The van der Waals surface area contributed by atoms with E-state index in [0.29, 0.717) is 16.9 Å². The van der Waals surface area contributed by atoms with Crippen molar-refractivity contribution in [2.24, 2.45) is 0 Å². The molecule has 0 N–H and O–H groups in total. The van der Waals surface area contributed by atoms with Crippen molar-refractivity contribution in [3.63, 3.8) is 0 Å². The minimum atomic E-state index is -0.308. The van der Waals surface area contributed by atoms with Crippen molar-refractivity contribution in [2.45, 2.75) is 0 Å². The average molecular weight is 188 g/mol. The van der Waals surface area contributed by atoms with Crippen molar-refractivity contribution in [3.05, 3.63) is 34.7 Å². The monoisotopic (exact) mass is 188 g/mol. The highest BCUT2D eigenvalue weighted by Crippen LogP contribution is 2.18. The molecule has 1 saturated heterocycles. The molecule has 3 rings (SSSR count). The second-order valence-corrected chi connectivity index (χ2v) is 3.29. The smallest absolute Gasteiger partial charge is 0.348 e. The van der Waals surface area contributed by atoms with E-state index in [2.05, 4.69) is 4.98 Å². The van der Waals surface area contributed by atoms with Gasteiger partial charge in [-0.05, 0) is 12.1 Å². The summed E-state index contributed by atoms with van der Waals surface area (Å²) in [7, 11) is 0. The zero-order chi connectivity index (χ0) is 9.54. The van der Waals surface area contributed by atoms with Gasteiger partial charge in [0.05, 0.1) is 10.9 Å². The van der Waals surface area contributed by atoms with E-state index < -0.39 is 0 Å². The van der Waals surface area contributed by atoms with Crippen LogP contribution in [0.15, 0.2) is 33.5 Å². The van der Waals surface area contributed by atoms with E-state index in [1.54, 1.807) is 12.1 Å². The van der Waals surface area contributed by atoms with Crippen LogP contribution in [0.5, 0.6) is 0 Å². The van der Waals surface area contributed by atoms with E-state index in [4.69, 9.17) is 4.42 Å². The number of hydrogen-bond acceptors (Lipinski definition) is 4. The molecule has 4 heteroatoms. The van der Waals surface area contributed by atoms with Crippen LogP contribution < -0.4 is 10.5 Å². The van der Waals surface area contributed by atoms with Crippen molar-refractivity contribution >= 4 is 16.9 Å². The molecule has 0 saturated carbocycles. The molecule has 4 nitrogen and oxygen atoms in total. The summed E-state index contributed by atoms with van der Waals surface area (Å²) in [6.45, 7) is 1.85. The number of aromatic nitrogens is 1. The Labute approximate surface area is 79.8 Å². The van der Waals surface area contributed by atoms with E-state index in [-0.39, 0.29) is 5.63 Å². The second kappa shape index (κ2) is 2.57. The number of anilines is 1. The molecule has 1 aromatic carbocycles. The van der Waals surface area contributed by atoms with Crippen LogP contribution in [-0.2, 0) is 0 Å². The van der Waals surface area contributed by atoms with Gasteiger partial charge in [0.2, 0.25) is 0 Å². The summed E-state index contributed by atoms with van der Waals surface area (Å²) in [6.07, 6.45) is 0. The maximum atomic E-state index is 11.5. The minimum absolute atomic E-state index is 0.308. The maximum absolute atomic E-state index is 11.5. The van der Waals surface area contributed by atoms with Crippen LogP contribution in [0.1, 0.15) is 0 Å². The molecule has 0 atom stereocenters. The Kier molecular flexibility index (Phi) is 1.39. The first kappa shape index (κ1) is 7.55. The molecule has 0 spiro atoms. The van der Waals surface area contributed by atoms with Gasteiger partial charge < -0.3 is 9.32 Å². The quantitative estimate of drug-likeness (QED) is 0.626. The number of benzene rings is 1. The molecule has 2 heterocycles. The topological polar surface area (TPSA) is 46.1 Å². The minimum Gasteiger partial charge on any atom is -0.389 e. The second-order valence-electron chi connectivity index (χ2n) is 3.29. The number of hydrogen-bond donors (Lipinski definition) is 0. The predicted molar refractivity (Wildman–Crippen MR) is 52.5 cm³/mol. The van der Waals surface area contributed by atoms with E-state index in [0.717, 1.165) is 13.1 Å². The standard InChI is InChI=1S/C10H8N2O2/c13-9-7-3-1-2-4-8(7)11-10(14-9)12-5-6-12/h1-4H,5-6H2. The summed E-state index contributed by atoms with van der Waals surface area (Å²) >= 11 is 0. The molecule has 70 valence electrons. The van der Waals surface area contributed by atoms with Gasteiger partial charge in [0, 0.05) is 13.1 Å². The maximum Gasteiger partial charge on any atom is 0.348 e. The van der Waals surface area contributed by atoms with Crippen LogP contribution in [0.4, 0.5) is 6.01 Å². The van der Waals surface area contributed by atoms with E-state index in [1.807, 2.05) is 17.0 Å². The van der Waals surface area contributed by atoms with Gasteiger partial charge in [0.25, 0.3) is 0 Å². The summed E-state index contributed by atoms with van der Waals surface area (Å²) in [5.41, 5.74) is 0.392. The van der Waals surface area contributed by atoms with Crippen LogP contribution in [-0.4, -0.2) is 18.1 Å². The molecular weight excluding hydrogens is 180 g/mol. The Morgan fingerprint density at radius 2 is 2.07 bits per heavy atom. The summed E-state index contributed by atoms with van der Waals surface area (Å²) < 4.78 is 5.07. The van der Waals surface area contributed by atoms with E-state index in [1.165, 1.54) is 0 Å². The van der Waals surface area contributed by atoms with E-state index in [9.17, 15) is 4.79 Å². The van der Waals surface area contributed by atoms with Crippen LogP contribution in [0, 0.1) is 0 Å². The Morgan fingerprint density at radius 1 is 1.29 bits per heavy atom.